The molecule has 2 aromatic rings. The number of rotatable bonds is 3. The van der Waals surface area contributed by atoms with Crippen molar-refractivity contribution in [1.29, 1.82) is 0 Å². The van der Waals surface area contributed by atoms with E-state index in [0.717, 1.165) is 10.0 Å². The lowest BCUT2D eigenvalue weighted by molar-refractivity contribution is 0.178. The maximum absolute atomic E-state index is 13.2. The van der Waals surface area contributed by atoms with Gasteiger partial charge in [0.15, 0.2) is 0 Å². The molecule has 1 atom stereocenters. The van der Waals surface area contributed by atoms with Gasteiger partial charge in [-0.15, -0.1) is 0 Å². The molecule has 0 saturated heterocycles. The van der Waals surface area contributed by atoms with Crippen molar-refractivity contribution in [3.63, 3.8) is 0 Å². The second kappa shape index (κ2) is 6.04. The Kier molecular flexibility index (Phi) is 4.61. The fourth-order valence-corrected chi connectivity index (χ4v) is 2.69. The predicted molar refractivity (Wildman–Crippen MR) is 79.0 cm³/mol. The minimum atomic E-state index is -0.758. The van der Waals surface area contributed by atoms with Gasteiger partial charge in [0.25, 0.3) is 0 Å². The molecule has 4 heteroatoms. The maximum Gasteiger partial charge on any atom is 0.123 e. The summed E-state index contributed by atoms with van der Waals surface area (Å²) in [5.74, 6) is -0.319. The van der Waals surface area contributed by atoms with Crippen molar-refractivity contribution in [3.05, 3.63) is 68.4 Å². The van der Waals surface area contributed by atoms with E-state index in [9.17, 15) is 9.50 Å². The number of hydrogen-bond donors (Lipinski definition) is 1. The average Bonchev–Trinajstić information content (AvgIpc) is 2.33. The first-order valence-electron chi connectivity index (χ1n) is 5.85. The molecule has 0 amide bonds. The van der Waals surface area contributed by atoms with Crippen molar-refractivity contribution in [1.82, 2.24) is 0 Å². The summed E-state index contributed by atoms with van der Waals surface area (Å²) in [6.07, 6.45) is -0.451. The van der Waals surface area contributed by atoms with Crippen LogP contribution in [-0.2, 0) is 6.42 Å². The highest BCUT2D eigenvalue weighted by Gasteiger charge is 2.14. The second-order valence-electron chi connectivity index (χ2n) is 4.48. The van der Waals surface area contributed by atoms with Crippen LogP contribution in [0.1, 0.15) is 22.8 Å². The highest BCUT2D eigenvalue weighted by molar-refractivity contribution is 9.10. The van der Waals surface area contributed by atoms with Crippen LogP contribution >= 0.6 is 27.5 Å². The van der Waals surface area contributed by atoms with E-state index in [-0.39, 0.29) is 5.82 Å². The summed E-state index contributed by atoms with van der Waals surface area (Å²) < 4.78 is 14.0. The van der Waals surface area contributed by atoms with Crippen molar-refractivity contribution in [2.75, 3.05) is 0 Å². The molecule has 0 fully saturated rings. The minimum Gasteiger partial charge on any atom is -0.388 e. The monoisotopic (exact) mass is 342 g/mol. The summed E-state index contributed by atoms with van der Waals surface area (Å²) in [5.41, 5.74) is 2.40. The van der Waals surface area contributed by atoms with E-state index in [1.807, 2.05) is 13.0 Å². The Morgan fingerprint density at radius 3 is 2.68 bits per heavy atom. The number of aliphatic hydroxyl groups excluding tert-OH is 1. The molecular weight excluding hydrogens is 331 g/mol. The average molecular weight is 344 g/mol. The molecule has 0 aliphatic carbocycles. The van der Waals surface area contributed by atoms with Gasteiger partial charge in [-0.3, -0.25) is 0 Å². The molecule has 0 spiro atoms. The molecule has 0 aliphatic rings. The van der Waals surface area contributed by atoms with E-state index in [1.165, 1.54) is 12.1 Å². The smallest absolute Gasteiger partial charge is 0.123 e. The zero-order valence-electron chi connectivity index (χ0n) is 10.3. The molecule has 2 rings (SSSR count). The van der Waals surface area contributed by atoms with Gasteiger partial charge < -0.3 is 5.11 Å². The van der Waals surface area contributed by atoms with Gasteiger partial charge in [-0.1, -0.05) is 39.7 Å². The van der Waals surface area contributed by atoms with Gasteiger partial charge in [0.2, 0.25) is 0 Å². The lowest BCUT2D eigenvalue weighted by atomic mass is 10.0. The van der Waals surface area contributed by atoms with Crippen molar-refractivity contribution < 1.29 is 9.50 Å². The van der Waals surface area contributed by atoms with Gasteiger partial charge in [0.1, 0.15) is 5.82 Å². The van der Waals surface area contributed by atoms with Crippen LogP contribution in [0.25, 0.3) is 0 Å². The van der Waals surface area contributed by atoms with Crippen LogP contribution in [0.5, 0.6) is 0 Å². The van der Waals surface area contributed by atoms with Crippen molar-refractivity contribution in [3.8, 4) is 0 Å². The molecule has 1 N–H and O–H groups in total. The SMILES string of the molecule is Cc1ccc(C(O)Cc2cc(F)ccc2Br)c(Cl)c1. The molecule has 1 unspecified atom stereocenters. The van der Waals surface area contributed by atoms with Crippen LogP contribution in [0.3, 0.4) is 0 Å². The largest absolute Gasteiger partial charge is 0.388 e. The first-order chi connectivity index (χ1) is 8.97. The summed E-state index contributed by atoms with van der Waals surface area (Å²) in [6.45, 7) is 1.94. The molecule has 0 radical (unpaired) electrons. The number of aliphatic hydroxyl groups is 1. The number of aryl methyl sites for hydroxylation is 1. The van der Waals surface area contributed by atoms with Crippen LogP contribution in [0.2, 0.25) is 5.02 Å². The van der Waals surface area contributed by atoms with Gasteiger partial charge in [-0.25, -0.2) is 4.39 Å². The molecule has 0 aliphatic heterocycles. The van der Waals surface area contributed by atoms with Crippen LogP contribution in [-0.4, -0.2) is 5.11 Å². The molecule has 0 heterocycles. The van der Waals surface area contributed by atoms with E-state index in [4.69, 9.17) is 11.6 Å². The van der Waals surface area contributed by atoms with Crippen LogP contribution < -0.4 is 0 Å². The molecule has 19 heavy (non-hydrogen) atoms. The predicted octanol–water partition coefficient (Wildman–Crippen LogP) is 4.83. The molecule has 1 nitrogen and oxygen atoms in total. The zero-order valence-corrected chi connectivity index (χ0v) is 12.7. The topological polar surface area (TPSA) is 20.2 Å². The van der Waals surface area contributed by atoms with Crippen molar-refractivity contribution in [2.45, 2.75) is 19.4 Å². The van der Waals surface area contributed by atoms with E-state index in [1.54, 1.807) is 18.2 Å². The summed E-state index contributed by atoms with van der Waals surface area (Å²) in [7, 11) is 0. The Hall–Kier alpha value is -0.900. The summed E-state index contributed by atoms with van der Waals surface area (Å²) >= 11 is 9.47. The van der Waals surface area contributed by atoms with Crippen LogP contribution in [0, 0.1) is 12.7 Å². The summed E-state index contributed by atoms with van der Waals surface area (Å²) in [4.78, 5) is 0. The lowest BCUT2D eigenvalue weighted by Crippen LogP contribution is -2.03. The van der Waals surface area contributed by atoms with Crippen molar-refractivity contribution in [2.24, 2.45) is 0 Å². The van der Waals surface area contributed by atoms with E-state index in [2.05, 4.69) is 15.9 Å². The summed E-state index contributed by atoms with van der Waals surface area (Å²) in [5, 5.41) is 10.8. The number of hydrogen-bond acceptors (Lipinski definition) is 1. The zero-order chi connectivity index (χ0) is 14.0. The van der Waals surface area contributed by atoms with Gasteiger partial charge in [0.05, 0.1) is 6.10 Å². The number of benzene rings is 2. The highest BCUT2D eigenvalue weighted by Crippen LogP contribution is 2.29. The molecule has 0 aromatic heterocycles. The minimum absolute atomic E-state index is 0.307. The highest BCUT2D eigenvalue weighted by atomic mass is 79.9. The van der Waals surface area contributed by atoms with Gasteiger partial charge >= 0.3 is 0 Å². The standard InChI is InChI=1S/C15H13BrClFO/c1-9-2-4-12(14(17)6-9)15(19)8-10-7-11(18)3-5-13(10)16/h2-7,15,19H,8H2,1H3. The Balaban J connectivity index is 2.25. The van der Waals surface area contributed by atoms with Crippen LogP contribution in [0.15, 0.2) is 40.9 Å². The molecule has 0 bridgehead atoms. The van der Waals surface area contributed by atoms with Gasteiger partial charge in [-0.2, -0.15) is 0 Å². The van der Waals surface area contributed by atoms with Gasteiger partial charge in [0, 0.05) is 15.9 Å². The number of halogens is 3. The molecule has 0 saturated carbocycles. The van der Waals surface area contributed by atoms with E-state index in [0.29, 0.717) is 22.6 Å². The van der Waals surface area contributed by atoms with E-state index >= 15 is 0 Å². The molecular formula is C15H13BrClFO. The normalized spacial score (nSPS) is 12.5. The third kappa shape index (κ3) is 3.56. The molecule has 2 aromatic carbocycles. The Morgan fingerprint density at radius 2 is 2.00 bits per heavy atom. The van der Waals surface area contributed by atoms with E-state index < -0.39 is 6.10 Å². The second-order valence-corrected chi connectivity index (χ2v) is 5.74. The fraction of sp³-hybridized carbons (Fsp3) is 0.200. The fourth-order valence-electron chi connectivity index (χ4n) is 1.92. The lowest BCUT2D eigenvalue weighted by Gasteiger charge is -2.14. The third-order valence-electron chi connectivity index (χ3n) is 2.94. The quantitative estimate of drug-likeness (QED) is 0.846. The third-order valence-corrected chi connectivity index (χ3v) is 4.04. The Bertz CT molecular complexity index is 601. The Labute approximate surface area is 125 Å². The van der Waals surface area contributed by atoms with Gasteiger partial charge in [-0.05, 0) is 47.9 Å². The first-order valence-corrected chi connectivity index (χ1v) is 7.02. The summed E-state index contributed by atoms with van der Waals surface area (Å²) in [6, 6.07) is 9.92. The maximum atomic E-state index is 13.2. The molecule has 100 valence electrons. The Morgan fingerprint density at radius 1 is 1.26 bits per heavy atom. The van der Waals surface area contributed by atoms with Crippen LogP contribution in [0.4, 0.5) is 4.39 Å². The van der Waals surface area contributed by atoms with Crippen molar-refractivity contribution >= 4 is 27.5 Å². The first kappa shape index (κ1) is 14.5.